The molecule has 0 radical (unpaired) electrons. The van der Waals surface area contributed by atoms with Gasteiger partial charge in [0, 0.05) is 14.2 Å². The predicted molar refractivity (Wildman–Crippen MR) is 60.3 cm³/mol. The van der Waals surface area contributed by atoms with Crippen LogP contribution in [0.4, 0.5) is 0 Å². The molecule has 1 unspecified atom stereocenters. The minimum atomic E-state index is -0.356. The lowest BCUT2D eigenvalue weighted by molar-refractivity contribution is 0.0809. The molecule has 0 bridgehead atoms. The normalized spacial score (nSPS) is 13.2. The van der Waals surface area contributed by atoms with Crippen molar-refractivity contribution in [2.45, 2.75) is 6.23 Å². The number of rotatable bonds is 3. The van der Waals surface area contributed by atoms with Gasteiger partial charge >= 0.3 is 5.76 Å². The first-order valence-corrected chi connectivity index (χ1v) is 4.97. The Hall–Kier alpha value is -1.59. The summed E-state index contributed by atoms with van der Waals surface area (Å²) >= 11 is 0. The van der Waals surface area contributed by atoms with Crippen molar-refractivity contribution in [2.24, 2.45) is 7.05 Å². The maximum absolute atomic E-state index is 11.3. The topological polar surface area (TPSA) is 56.4 Å². The van der Waals surface area contributed by atoms with Crippen LogP contribution in [0.25, 0.3) is 11.1 Å². The summed E-state index contributed by atoms with van der Waals surface area (Å²) in [5, 5.41) is 3.01. The molecule has 0 aliphatic heterocycles. The van der Waals surface area contributed by atoms with E-state index in [9.17, 15) is 4.79 Å². The first-order chi connectivity index (χ1) is 7.67. The summed E-state index contributed by atoms with van der Waals surface area (Å²) < 4.78 is 11.8. The number of methoxy groups -OCH3 is 1. The Bertz CT molecular complexity index is 552. The summed E-state index contributed by atoms with van der Waals surface area (Å²) in [5.74, 6) is -0.356. The van der Waals surface area contributed by atoms with Crippen LogP contribution in [0.15, 0.2) is 27.4 Å². The number of aromatic nitrogens is 1. The monoisotopic (exact) mass is 222 g/mol. The van der Waals surface area contributed by atoms with E-state index in [1.165, 1.54) is 4.57 Å². The maximum Gasteiger partial charge on any atom is 0.419 e. The first kappa shape index (κ1) is 10.9. The number of ether oxygens (including phenoxy) is 1. The van der Waals surface area contributed by atoms with Gasteiger partial charge in [0.15, 0.2) is 5.58 Å². The minimum absolute atomic E-state index is 0.199. The second-order valence-corrected chi connectivity index (χ2v) is 3.56. The molecule has 0 saturated carbocycles. The number of hydrogen-bond donors (Lipinski definition) is 1. The summed E-state index contributed by atoms with van der Waals surface area (Å²) in [6, 6.07) is 5.56. The zero-order valence-corrected chi connectivity index (χ0v) is 9.48. The molecule has 1 heterocycles. The molecule has 0 aliphatic carbocycles. The molecule has 0 saturated heterocycles. The van der Waals surface area contributed by atoms with E-state index >= 15 is 0 Å². The molecule has 1 N–H and O–H groups in total. The van der Waals surface area contributed by atoms with Gasteiger partial charge in [-0.3, -0.25) is 9.88 Å². The van der Waals surface area contributed by atoms with Gasteiger partial charge in [-0.05, 0) is 24.7 Å². The van der Waals surface area contributed by atoms with Gasteiger partial charge in [-0.1, -0.05) is 6.07 Å². The molecule has 2 rings (SSSR count). The molecule has 0 amide bonds. The Labute approximate surface area is 92.6 Å². The third-order valence-corrected chi connectivity index (χ3v) is 2.62. The van der Waals surface area contributed by atoms with E-state index in [0.29, 0.717) is 5.58 Å². The highest BCUT2D eigenvalue weighted by Crippen LogP contribution is 2.19. The van der Waals surface area contributed by atoms with Gasteiger partial charge in [0.05, 0.1) is 5.52 Å². The third-order valence-electron chi connectivity index (χ3n) is 2.62. The van der Waals surface area contributed by atoms with Gasteiger partial charge in [-0.2, -0.15) is 0 Å². The highest BCUT2D eigenvalue weighted by atomic mass is 16.5. The van der Waals surface area contributed by atoms with Crippen molar-refractivity contribution in [3.8, 4) is 0 Å². The van der Waals surface area contributed by atoms with Gasteiger partial charge in [0.1, 0.15) is 6.23 Å². The molecule has 0 spiro atoms. The summed E-state index contributed by atoms with van der Waals surface area (Å²) in [5.41, 5.74) is 2.27. The molecule has 0 aliphatic rings. The zero-order valence-electron chi connectivity index (χ0n) is 9.48. The van der Waals surface area contributed by atoms with E-state index in [1.54, 1.807) is 27.3 Å². The largest absolute Gasteiger partial charge is 0.419 e. The van der Waals surface area contributed by atoms with Crippen LogP contribution < -0.4 is 11.1 Å². The van der Waals surface area contributed by atoms with Crippen molar-refractivity contribution in [2.75, 3.05) is 14.2 Å². The molecular weight excluding hydrogens is 208 g/mol. The van der Waals surface area contributed by atoms with E-state index in [2.05, 4.69) is 5.32 Å². The number of aryl methyl sites for hydroxylation is 1. The van der Waals surface area contributed by atoms with Crippen LogP contribution in [-0.4, -0.2) is 18.7 Å². The van der Waals surface area contributed by atoms with Crippen LogP contribution in [-0.2, 0) is 11.8 Å². The summed E-state index contributed by atoms with van der Waals surface area (Å²) in [6.45, 7) is 0. The van der Waals surface area contributed by atoms with Crippen LogP contribution in [0, 0.1) is 0 Å². The number of nitrogens with one attached hydrogen (secondary N) is 1. The molecule has 1 aromatic heterocycles. The SMILES string of the molecule is CNC(OC)c1ccc2c(c1)oc(=O)n2C. The van der Waals surface area contributed by atoms with Crippen molar-refractivity contribution >= 4 is 11.1 Å². The minimum Gasteiger partial charge on any atom is -0.408 e. The lowest BCUT2D eigenvalue weighted by Crippen LogP contribution is -2.17. The second-order valence-electron chi connectivity index (χ2n) is 3.56. The van der Waals surface area contributed by atoms with Gasteiger partial charge < -0.3 is 9.15 Å². The Morgan fingerprint density at radius 2 is 2.25 bits per heavy atom. The number of fused-ring (bicyclic) bond motifs is 1. The van der Waals surface area contributed by atoms with Crippen LogP contribution in [0.3, 0.4) is 0 Å². The van der Waals surface area contributed by atoms with Gasteiger partial charge in [-0.25, -0.2) is 4.79 Å². The van der Waals surface area contributed by atoms with Gasteiger partial charge in [0.2, 0.25) is 0 Å². The fourth-order valence-corrected chi connectivity index (χ4v) is 1.73. The van der Waals surface area contributed by atoms with Crippen LogP contribution >= 0.6 is 0 Å². The standard InChI is InChI=1S/C11H14N2O3/c1-12-10(15-3)7-4-5-8-9(6-7)16-11(14)13(8)2/h4-6,10,12H,1-3H3. The maximum atomic E-state index is 11.3. The lowest BCUT2D eigenvalue weighted by Gasteiger charge is -2.13. The summed E-state index contributed by atoms with van der Waals surface area (Å²) in [4.78, 5) is 11.3. The summed E-state index contributed by atoms with van der Waals surface area (Å²) in [7, 11) is 5.10. The molecule has 1 aromatic carbocycles. The lowest BCUT2D eigenvalue weighted by atomic mass is 10.2. The second kappa shape index (κ2) is 4.11. The van der Waals surface area contributed by atoms with E-state index in [0.717, 1.165) is 11.1 Å². The van der Waals surface area contributed by atoms with Crippen LogP contribution in [0.2, 0.25) is 0 Å². The van der Waals surface area contributed by atoms with Crippen molar-refractivity contribution < 1.29 is 9.15 Å². The van der Waals surface area contributed by atoms with Crippen molar-refractivity contribution in [1.82, 2.24) is 9.88 Å². The fourth-order valence-electron chi connectivity index (χ4n) is 1.73. The number of nitrogens with zero attached hydrogens (tertiary/aromatic N) is 1. The van der Waals surface area contributed by atoms with Crippen LogP contribution in [0.5, 0.6) is 0 Å². The number of hydrogen-bond acceptors (Lipinski definition) is 4. The molecule has 2 aromatic rings. The van der Waals surface area contributed by atoms with Crippen molar-refractivity contribution in [3.63, 3.8) is 0 Å². The first-order valence-electron chi connectivity index (χ1n) is 4.97. The van der Waals surface area contributed by atoms with E-state index < -0.39 is 0 Å². The molecular formula is C11H14N2O3. The van der Waals surface area contributed by atoms with E-state index in [1.807, 2.05) is 12.1 Å². The zero-order chi connectivity index (χ0) is 11.7. The smallest absolute Gasteiger partial charge is 0.408 e. The molecule has 0 fully saturated rings. The van der Waals surface area contributed by atoms with Crippen LogP contribution in [0.1, 0.15) is 11.8 Å². The highest BCUT2D eigenvalue weighted by Gasteiger charge is 2.11. The fraction of sp³-hybridized carbons (Fsp3) is 0.364. The molecule has 5 heteroatoms. The Kier molecular flexibility index (Phi) is 2.80. The molecule has 1 atom stereocenters. The van der Waals surface area contributed by atoms with E-state index in [4.69, 9.17) is 9.15 Å². The third kappa shape index (κ3) is 1.64. The highest BCUT2D eigenvalue weighted by molar-refractivity contribution is 5.73. The average molecular weight is 222 g/mol. The molecule has 86 valence electrons. The predicted octanol–water partition coefficient (Wildman–Crippen LogP) is 0.996. The summed E-state index contributed by atoms with van der Waals surface area (Å²) in [6.07, 6.45) is -0.199. The Balaban J connectivity index is 2.56. The molecule has 16 heavy (non-hydrogen) atoms. The Morgan fingerprint density at radius 1 is 1.50 bits per heavy atom. The molecule has 5 nitrogen and oxygen atoms in total. The quantitative estimate of drug-likeness (QED) is 0.787. The Morgan fingerprint density at radius 3 is 2.88 bits per heavy atom. The average Bonchev–Trinajstić information content (AvgIpc) is 2.56. The van der Waals surface area contributed by atoms with E-state index in [-0.39, 0.29) is 12.0 Å². The van der Waals surface area contributed by atoms with Gasteiger partial charge in [-0.15, -0.1) is 0 Å². The van der Waals surface area contributed by atoms with Crippen molar-refractivity contribution in [1.29, 1.82) is 0 Å². The van der Waals surface area contributed by atoms with Gasteiger partial charge in [0.25, 0.3) is 0 Å². The number of benzene rings is 1. The van der Waals surface area contributed by atoms with Crippen molar-refractivity contribution in [3.05, 3.63) is 34.3 Å². The number of oxazole rings is 1.